The normalized spacial score (nSPS) is 22.9. The summed E-state index contributed by atoms with van der Waals surface area (Å²) in [5, 5.41) is 9.57. The maximum Gasteiger partial charge on any atom is 0.253 e. The molecule has 0 aliphatic carbocycles. The van der Waals surface area contributed by atoms with E-state index in [1.807, 2.05) is 0 Å². The summed E-state index contributed by atoms with van der Waals surface area (Å²) in [5.41, 5.74) is -1.21. The Morgan fingerprint density at radius 1 is 1.57 bits per heavy atom. The first kappa shape index (κ1) is 11.5. The second-order valence-corrected chi connectivity index (χ2v) is 4.75. The minimum Gasteiger partial charge on any atom is -0.381 e. The Balaban J connectivity index is 2.46. The minimum absolute atomic E-state index is 0.129. The molecule has 1 unspecified atom stereocenters. The smallest absolute Gasteiger partial charge is 0.253 e. The van der Waals surface area contributed by atoms with E-state index in [0.29, 0.717) is 5.92 Å². The molecule has 0 bridgehead atoms. The fourth-order valence-electron chi connectivity index (χ4n) is 2.05. The lowest BCUT2D eigenvalue weighted by Crippen LogP contribution is -2.44. The van der Waals surface area contributed by atoms with Gasteiger partial charge >= 0.3 is 0 Å². The Kier molecular flexibility index (Phi) is 3.53. The van der Waals surface area contributed by atoms with E-state index in [-0.39, 0.29) is 5.91 Å². The first-order chi connectivity index (χ1) is 6.45. The lowest BCUT2D eigenvalue weighted by Gasteiger charge is -2.24. The highest BCUT2D eigenvalue weighted by molar-refractivity contribution is 5.84. The maximum absolute atomic E-state index is 11.7. The van der Waals surface area contributed by atoms with E-state index >= 15 is 0 Å². The monoisotopic (exact) mass is 199 g/mol. The van der Waals surface area contributed by atoms with Crippen molar-refractivity contribution in [2.45, 2.75) is 45.6 Å². The summed E-state index contributed by atoms with van der Waals surface area (Å²) in [6, 6.07) is 0. The number of aliphatic hydroxyl groups is 1. The van der Waals surface area contributed by atoms with Crippen molar-refractivity contribution in [3.05, 3.63) is 0 Å². The van der Waals surface area contributed by atoms with E-state index in [1.165, 1.54) is 12.8 Å². The highest BCUT2D eigenvalue weighted by Crippen LogP contribution is 2.23. The van der Waals surface area contributed by atoms with Gasteiger partial charge in [0.25, 0.3) is 5.91 Å². The number of carbonyl (C=O) groups excluding carboxylic acids is 1. The summed E-state index contributed by atoms with van der Waals surface area (Å²) in [6.07, 6.45) is 3.46. The quantitative estimate of drug-likeness (QED) is 0.746. The third-order valence-electron chi connectivity index (χ3n) is 2.79. The Morgan fingerprint density at radius 3 is 2.71 bits per heavy atom. The van der Waals surface area contributed by atoms with E-state index < -0.39 is 5.60 Å². The van der Waals surface area contributed by atoms with E-state index in [0.717, 1.165) is 19.5 Å². The van der Waals surface area contributed by atoms with Crippen LogP contribution >= 0.6 is 0 Å². The highest BCUT2D eigenvalue weighted by atomic mass is 16.3. The number of hydrogen-bond acceptors (Lipinski definition) is 2. The van der Waals surface area contributed by atoms with Crippen LogP contribution in [0, 0.1) is 5.92 Å². The molecule has 1 rings (SSSR count). The Hall–Kier alpha value is -0.570. The van der Waals surface area contributed by atoms with Gasteiger partial charge in [-0.3, -0.25) is 4.79 Å². The second-order valence-electron chi connectivity index (χ2n) is 4.75. The van der Waals surface area contributed by atoms with Crippen LogP contribution in [0.25, 0.3) is 0 Å². The summed E-state index contributed by atoms with van der Waals surface area (Å²) in [5.74, 6) is 0.516. The average molecular weight is 199 g/mol. The number of nitrogens with zero attached hydrogens (tertiary/aromatic N) is 1. The fourth-order valence-corrected chi connectivity index (χ4v) is 2.05. The van der Waals surface area contributed by atoms with Crippen LogP contribution in [0.2, 0.25) is 0 Å². The standard InChI is InChI=1S/C11H21NO2/c1-4-5-9-6-7-12(8-9)10(13)11(2,3)14/h9,14H,4-8H2,1-3H3. The van der Waals surface area contributed by atoms with E-state index in [4.69, 9.17) is 0 Å². The van der Waals surface area contributed by atoms with Crippen LogP contribution in [0.3, 0.4) is 0 Å². The second kappa shape index (κ2) is 4.30. The number of hydrogen-bond donors (Lipinski definition) is 1. The molecule has 0 spiro atoms. The van der Waals surface area contributed by atoms with E-state index in [1.54, 1.807) is 18.7 Å². The lowest BCUT2D eigenvalue weighted by atomic mass is 10.0. The van der Waals surface area contributed by atoms with Crippen molar-refractivity contribution < 1.29 is 9.90 Å². The predicted molar refractivity (Wildman–Crippen MR) is 55.9 cm³/mol. The molecular weight excluding hydrogens is 178 g/mol. The van der Waals surface area contributed by atoms with E-state index in [9.17, 15) is 9.90 Å². The van der Waals surface area contributed by atoms with Crippen molar-refractivity contribution in [2.24, 2.45) is 5.92 Å². The summed E-state index contributed by atoms with van der Waals surface area (Å²) in [4.78, 5) is 13.5. The molecular formula is C11H21NO2. The van der Waals surface area contributed by atoms with Gasteiger partial charge in [-0.2, -0.15) is 0 Å². The van der Waals surface area contributed by atoms with Crippen molar-refractivity contribution in [2.75, 3.05) is 13.1 Å². The van der Waals surface area contributed by atoms with Gasteiger partial charge in [0.15, 0.2) is 0 Å². The van der Waals surface area contributed by atoms with Crippen molar-refractivity contribution in [3.8, 4) is 0 Å². The zero-order valence-electron chi connectivity index (χ0n) is 9.42. The molecule has 1 atom stereocenters. The van der Waals surface area contributed by atoms with Gasteiger partial charge in [0.2, 0.25) is 0 Å². The SMILES string of the molecule is CCCC1CCN(C(=O)C(C)(C)O)C1. The van der Waals surface area contributed by atoms with Crippen LogP contribution in [0.5, 0.6) is 0 Å². The van der Waals surface area contributed by atoms with Gasteiger partial charge in [-0.05, 0) is 32.6 Å². The largest absolute Gasteiger partial charge is 0.381 e. The number of rotatable bonds is 3. The molecule has 82 valence electrons. The Bertz CT molecular complexity index is 208. The molecule has 1 aliphatic rings. The molecule has 14 heavy (non-hydrogen) atoms. The molecule has 3 heteroatoms. The first-order valence-corrected chi connectivity index (χ1v) is 5.47. The lowest BCUT2D eigenvalue weighted by molar-refractivity contribution is -0.146. The van der Waals surface area contributed by atoms with Gasteiger partial charge in [-0.15, -0.1) is 0 Å². The van der Waals surface area contributed by atoms with Crippen LogP contribution in [-0.2, 0) is 4.79 Å². The molecule has 0 aromatic heterocycles. The fraction of sp³-hybridized carbons (Fsp3) is 0.909. The summed E-state index contributed by atoms with van der Waals surface area (Å²) in [7, 11) is 0. The summed E-state index contributed by atoms with van der Waals surface area (Å²) >= 11 is 0. The van der Waals surface area contributed by atoms with Gasteiger partial charge in [0, 0.05) is 13.1 Å². The summed E-state index contributed by atoms with van der Waals surface area (Å²) in [6.45, 7) is 6.93. The van der Waals surface area contributed by atoms with Crippen LogP contribution in [0.1, 0.15) is 40.0 Å². The molecule has 0 saturated carbocycles. The minimum atomic E-state index is -1.21. The molecule has 0 radical (unpaired) electrons. The van der Waals surface area contributed by atoms with Gasteiger partial charge in [-0.25, -0.2) is 0 Å². The van der Waals surface area contributed by atoms with Crippen molar-refractivity contribution in [1.29, 1.82) is 0 Å². The molecule has 1 N–H and O–H groups in total. The number of carbonyl (C=O) groups is 1. The molecule has 1 aliphatic heterocycles. The molecule has 3 nitrogen and oxygen atoms in total. The predicted octanol–water partition coefficient (Wildman–Crippen LogP) is 1.41. The summed E-state index contributed by atoms with van der Waals surface area (Å²) < 4.78 is 0. The third kappa shape index (κ3) is 2.71. The van der Waals surface area contributed by atoms with Crippen molar-refractivity contribution >= 4 is 5.91 Å². The Labute approximate surface area is 86.1 Å². The molecule has 1 heterocycles. The molecule has 0 aromatic rings. The third-order valence-corrected chi connectivity index (χ3v) is 2.79. The van der Waals surface area contributed by atoms with Gasteiger partial charge < -0.3 is 10.0 Å². The number of likely N-dealkylation sites (tertiary alicyclic amines) is 1. The molecule has 1 saturated heterocycles. The maximum atomic E-state index is 11.7. The Morgan fingerprint density at radius 2 is 2.21 bits per heavy atom. The van der Waals surface area contributed by atoms with Crippen molar-refractivity contribution in [3.63, 3.8) is 0 Å². The zero-order valence-corrected chi connectivity index (χ0v) is 9.42. The van der Waals surface area contributed by atoms with E-state index in [2.05, 4.69) is 6.92 Å². The average Bonchev–Trinajstić information content (AvgIpc) is 2.50. The van der Waals surface area contributed by atoms with Crippen molar-refractivity contribution in [1.82, 2.24) is 4.90 Å². The molecule has 1 amide bonds. The van der Waals surface area contributed by atoms with Crippen LogP contribution in [0.15, 0.2) is 0 Å². The molecule has 0 aromatic carbocycles. The topological polar surface area (TPSA) is 40.5 Å². The van der Waals surface area contributed by atoms with Crippen LogP contribution < -0.4 is 0 Å². The first-order valence-electron chi connectivity index (χ1n) is 5.47. The number of amides is 1. The highest BCUT2D eigenvalue weighted by Gasteiger charge is 2.33. The van der Waals surface area contributed by atoms with Gasteiger partial charge in [0.1, 0.15) is 5.60 Å². The molecule has 1 fully saturated rings. The zero-order chi connectivity index (χ0) is 10.8. The van der Waals surface area contributed by atoms with Gasteiger partial charge in [-0.1, -0.05) is 13.3 Å². The van der Waals surface area contributed by atoms with Crippen LogP contribution in [0.4, 0.5) is 0 Å². The van der Waals surface area contributed by atoms with Crippen LogP contribution in [-0.4, -0.2) is 34.6 Å². The van der Waals surface area contributed by atoms with Gasteiger partial charge in [0.05, 0.1) is 0 Å².